The summed E-state index contributed by atoms with van der Waals surface area (Å²) >= 11 is 0. The number of aryl methyl sites for hydroxylation is 1. The molecule has 3 unspecified atom stereocenters. The second-order valence-electron chi connectivity index (χ2n) is 9.27. The average molecular weight is 451 g/mol. The van der Waals surface area contributed by atoms with Gasteiger partial charge >= 0.3 is 5.97 Å². The molecule has 3 atom stereocenters. The van der Waals surface area contributed by atoms with Gasteiger partial charge in [0.1, 0.15) is 6.04 Å². The van der Waals surface area contributed by atoms with Crippen molar-refractivity contribution in [2.24, 2.45) is 17.8 Å². The summed E-state index contributed by atoms with van der Waals surface area (Å²) in [5.41, 5.74) is 2.46. The molecule has 1 saturated heterocycles. The van der Waals surface area contributed by atoms with Crippen LogP contribution in [0.5, 0.6) is 0 Å². The lowest BCUT2D eigenvalue weighted by atomic mass is 9.85. The first kappa shape index (κ1) is 23.0. The number of aromatic amines is 1. The van der Waals surface area contributed by atoms with E-state index in [0.29, 0.717) is 24.8 Å². The van der Waals surface area contributed by atoms with Gasteiger partial charge in [-0.3, -0.25) is 19.3 Å². The van der Waals surface area contributed by atoms with Gasteiger partial charge in [0.05, 0.1) is 11.8 Å². The highest BCUT2D eigenvalue weighted by Crippen LogP contribution is 2.37. The molecule has 2 aliphatic rings. The first-order valence-electron chi connectivity index (χ1n) is 11.6. The molecule has 174 valence electrons. The number of amides is 2. The maximum absolute atomic E-state index is 13.1. The molecule has 7 heteroatoms. The maximum atomic E-state index is 13.1. The highest BCUT2D eigenvalue weighted by Gasteiger charge is 2.51. The Morgan fingerprint density at radius 1 is 1.12 bits per heavy atom. The van der Waals surface area contributed by atoms with E-state index in [2.05, 4.69) is 4.98 Å². The van der Waals surface area contributed by atoms with Crippen LogP contribution >= 0.6 is 0 Å². The van der Waals surface area contributed by atoms with Crippen molar-refractivity contribution in [1.29, 1.82) is 0 Å². The number of imide groups is 1. The number of aromatic nitrogens is 1. The Morgan fingerprint density at radius 3 is 2.39 bits per heavy atom. The molecule has 1 aromatic heterocycles. The third kappa shape index (κ3) is 4.24. The standard InChI is InChI=1S/C26H30N2O5/c1-4-16-8-7-11-17-20(13-27-23(16)17)22(29)14-33-26(32)21(12-15(2)3)28-24(30)18-9-5-6-10-19(18)25(28)31/h5-8,11,13,15,18-19,21,27H,4,9-10,12,14H2,1-3H3. The molecule has 7 nitrogen and oxygen atoms in total. The number of nitrogens with zero attached hydrogens (tertiary/aromatic N) is 1. The smallest absolute Gasteiger partial charge is 0.329 e. The molecule has 2 heterocycles. The van der Waals surface area contributed by atoms with Gasteiger partial charge in [-0.1, -0.05) is 51.1 Å². The zero-order valence-corrected chi connectivity index (χ0v) is 19.3. The Bertz CT molecular complexity index is 1100. The average Bonchev–Trinajstić information content (AvgIpc) is 3.35. The third-order valence-electron chi connectivity index (χ3n) is 6.65. The summed E-state index contributed by atoms with van der Waals surface area (Å²) in [6, 6.07) is 4.74. The van der Waals surface area contributed by atoms with E-state index in [4.69, 9.17) is 4.74 Å². The van der Waals surface area contributed by atoms with Crippen LogP contribution in [0.2, 0.25) is 0 Å². The van der Waals surface area contributed by atoms with Gasteiger partial charge in [-0.25, -0.2) is 4.79 Å². The zero-order valence-electron chi connectivity index (χ0n) is 19.3. The SMILES string of the molecule is CCc1cccc2c(C(=O)COC(=O)C(CC(C)C)N3C(=O)C4CC=CCC4C3=O)c[nH]c12. The predicted octanol–water partition coefficient (Wildman–Crippen LogP) is 3.82. The lowest BCUT2D eigenvalue weighted by Gasteiger charge is -2.26. The summed E-state index contributed by atoms with van der Waals surface area (Å²) in [6.45, 7) is 5.44. The third-order valence-corrected chi connectivity index (χ3v) is 6.65. The number of Topliss-reactive ketones (excluding diaryl/α,β-unsaturated/α-hetero) is 1. The second-order valence-corrected chi connectivity index (χ2v) is 9.27. The van der Waals surface area contributed by atoms with Crippen molar-refractivity contribution in [3.8, 4) is 0 Å². The number of rotatable bonds is 8. The largest absolute Gasteiger partial charge is 0.456 e. The van der Waals surface area contributed by atoms with E-state index < -0.39 is 30.5 Å². The highest BCUT2D eigenvalue weighted by atomic mass is 16.5. The molecule has 0 bridgehead atoms. The van der Waals surface area contributed by atoms with Gasteiger partial charge in [0, 0.05) is 22.7 Å². The zero-order chi connectivity index (χ0) is 23.7. The second kappa shape index (κ2) is 9.33. The Morgan fingerprint density at radius 2 is 1.79 bits per heavy atom. The van der Waals surface area contributed by atoms with Crippen molar-refractivity contribution in [2.75, 3.05) is 6.61 Å². The summed E-state index contributed by atoms with van der Waals surface area (Å²) < 4.78 is 5.39. The molecule has 2 aromatic rings. The summed E-state index contributed by atoms with van der Waals surface area (Å²) in [5, 5.41) is 0.788. The van der Waals surface area contributed by atoms with Crippen molar-refractivity contribution in [3.05, 3.63) is 47.7 Å². The fraction of sp³-hybridized carbons (Fsp3) is 0.462. The van der Waals surface area contributed by atoms with E-state index in [1.165, 1.54) is 0 Å². The molecule has 4 rings (SSSR count). The van der Waals surface area contributed by atoms with Gasteiger partial charge in [0.25, 0.3) is 0 Å². The van der Waals surface area contributed by atoms with Gasteiger partial charge in [0.2, 0.25) is 17.6 Å². The number of H-pyrrole nitrogens is 1. The lowest BCUT2D eigenvalue weighted by Crippen LogP contribution is -2.47. The molecule has 1 aliphatic carbocycles. The van der Waals surface area contributed by atoms with Crippen LogP contribution in [0.3, 0.4) is 0 Å². The fourth-order valence-electron chi connectivity index (χ4n) is 4.94. The minimum atomic E-state index is -1.02. The van der Waals surface area contributed by atoms with Crippen LogP contribution in [-0.2, 0) is 25.5 Å². The van der Waals surface area contributed by atoms with Gasteiger partial charge < -0.3 is 9.72 Å². The number of hydrogen-bond acceptors (Lipinski definition) is 5. The maximum Gasteiger partial charge on any atom is 0.329 e. The van der Waals surface area contributed by atoms with E-state index in [1.807, 2.05) is 51.1 Å². The van der Waals surface area contributed by atoms with Crippen molar-refractivity contribution in [2.45, 2.75) is 52.5 Å². The first-order chi connectivity index (χ1) is 15.8. The number of ether oxygens (including phenoxy) is 1. The van der Waals surface area contributed by atoms with Crippen LogP contribution in [0.25, 0.3) is 10.9 Å². The number of carbonyl (C=O) groups is 4. The molecular weight excluding hydrogens is 420 g/mol. The molecule has 0 radical (unpaired) electrons. The Labute approximate surface area is 193 Å². The Balaban J connectivity index is 1.50. The van der Waals surface area contributed by atoms with Crippen molar-refractivity contribution in [1.82, 2.24) is 9.88 Å². The van der Waals surface area contributed by atoms with E-state index in [1.54, 1.807) is 6.20 Å². The monoisotopic (exact) mass is 450 g/mol. The molecule has 1 aliphatic heterocycles. The van der Waals surface area contributed by atoms with Gasteiger partial charge in [-0.15, -0.1) is 0 Å². The number of nitrogens with one attached hydrogen (secondary N) is 1. The van der Waals surface area contributed by atoms with Crippen LogP contribution in [-0.4, -0.2) is 46.1 Å². The molecule has 33 heavy (non-hydrogen) atoms. The summed E-state index contributed by atoms with van der Waals surface area (Å²) in [6.07, 6.45) is 7.60. The molecule has 1 fully saturated rings. The number of likely N-dealkylation sites (tertiary alicyclic amines) is 1. The van der Waals surface area contributed by atoms with Crippen LogP contribution < -0.4 is 0 Å². The Hall–Kier alpha value is -3.22. The van der Waals surface area contributed by atoms with Crippen molar-refractivity contribution < 1.29 is 23.9 Å². The number of allylic oxidation sites excluding steroid dienone is 2. The number of carbonyl (C=O) groups excluding carboxylic acids is 4. The minimum Gasteiger partial charge on any atom is -0.456 e. The molecule has 0 saturated carbocycles. The highest BCUT2D eigenvalue weighted by molar-refractivity contribution is 6.10. The van der Waals surface area contributed by atoms with Gasteiger partial charge in [0.15, 0.2) is 6.61 Å². The number of benzene rings is 1. The number of ketones is 1. The summed E-state index contributed by atoms with van der Waals surface area (Å²) in [7, 11) is 0. The van der Waals surface area contributed by atoms with Crippen LogP contribution in [0.1, 0.15) is 56.0 Å². The number of esters is 1. The minimum absolute atomic E-state index is 0.0562. The molecule has 0 spiro atoms. The van der Waals surface area contributed by atoms with Crippen molar-refractivity contribution >= 4 is 34.5 Å². The molecular formula is C26H30N2O5. The van der Waals surface area contributed by atoms with Crippen LogP contribution in [0.4, 0.5) is 0 Å². The first-order valence-corrected chi connectivity index (χ1v) is 11.6. The predicted molar refractivity (Wildman–Crippen MR) is 123 cm³/mol. The number of fused-ring (bicyclic) bond motifs is 2. The Kier molecular flexibility index (Phi) is 6.49. The summed E-state index contributed by atoms with van der Waals surface area (Å²) in [5.74, 6) is -2.43. The van der Waals surface area contributed by atoms with E-state index >= 15 is 0 Å². The molecule has 1 aromatic carbocycles. The summed E-state index contributed by atoms with van der Waals surface area (Å²) in [4.78, 5) is 56.2. The number of hydrogen-bond donors (Lipinski definition) is 1. The van der Waals surface area contributed by atoms with Crippen LogP contribution in [0, 0.1) is 17.8 Å². The van der Waals surface area contributed by atoms with Gasteiger partial charge in [-0.2, -0.15) is 0 Å². The lowest BCUT2D eigenvalue weighted by molar-refractivity contribution is -0.158. The van der Waals surface area contributed by atoms with E-state index in [-0.39, 0.29) is 23.5 Å². The molecule has 1 N–H and O–H groups in total. The van der Waals surface area contributed by atoms with Crippen molar-refractivity contribution in [3.63, 3.8) is 0 Å². The number of para-hydroxylation sites is 1. The normalized spacial score (nSPS) is 21.0. The van der Waals surface area contributed by atoms with E-state index in [9.17, 15) is 19.2 Å². The quantitative estimate of drug-likeness (QED) is 0.285. The van der Waals surface area contributed by atoms with Gasteiger partial charge in [-0.05, 0) is 37.2 Å². The van der Waals surface area contributed by atoms with E-state index in [0.717, 1.165) is 27.8 Å². The topological polar surface area (TPSA) is 96.5 Å². The molecule has 2 amide bonds. The fourth-order valence-corrected chi connectivity index (χ4v) is 4.94. The van der Waals surface area contributed by atoms with Crippen LogP contribution in [0.15, 0.2) is 36.5 Å².